The predicted molar refractivity (Wildman–Crippen MR) is 89.9 cm³/mol. The van der Waals surface area contributed by atoms with Crippen LogP contribution in [0.1, 0.15) is 49.3 Å². The van der Waals surface area contributed by atoms with E-state index in [0.29, 0.717) is 11.7 Å². The first-order chi connectivity index (χ1) is 10.6. The maximum absolute atomic E-state index is 12.3. The molecule has 1 heterocycles. The Bertz CT molecular complexity index is 613. The molecule has 0 aliphatic heterocycles. The zero-order chi connectivity index (χ0) is 15.9. The number of pyridine rings is 1. The summed E-state index contributed by atoms with van der Waals surface area (Å²) in [6.07, 6.45) is 2.68. The Balaban J connectivity index is 2.05. The molecule has 1 amide bonds. The second kappa shape index (κ2) is 7.59. The van der Waals surface area contributed by atoms with E-state index in [9.17, 15) is 4.79 Å². The van der Waals surface area contributed by atoms with Crippen molar-refractivity contribution in [3.8, 4) is 0 Å². The Kier molecular flexibility index (Phi) is 5.53. The highest BCUT2D eigenvalue weighted by molar-refractivity contribution is 5.93. The molecule has 116 valence electrons. The van der Waals surface area contributed by atoms with Crippen LogP contribution in [0.25, 0.3) is 0 Å². The summed E-state index contributed by atoms with van der Waals surface area (Å²) in [4.78, 5) is 16.5. The number of aromatic nitrogens is 1. The molecular weight excluding hydrogens is 274 g/mol. The van der Waals surface area contributed by atoms with E-state index in [2.05, 4.69) is 29.5 Å². The number of carbonyl (C=O) groups is 1. The molecule has 2 unspecified atom stereocenters. The maximum Gasteiger partial charge on any atom is 0.270 e. The van der Waals surface area contributed by atoms with Crippen LogP contribution in [-0.4, -0.2) is 16.9 Å². The maximum atomic E-state index is 12.3. The fourth-order valence-electron chi connectivity index (χ4n) is 2.13. The van der Waals surface area contributed by atoms with Crippen molar-refractivity contribution in [2.24, 2.45) is 0 Å². The van der Waals surface area contributed by atoms with Crippen molar-refractivity contribution in [1.29, 1.82) is 0 Å². The SMILES string of the molecule is CCC(C)Nc1ccnc(C(=O)NC(C)c2ccccc2)c1. The molecular formula is C18H23N3O. The van der Waals surface area contributed by atoms with Gasteiger partial charge in [0.15, 0.2) is 0 Å². The van der Waals surface area contributed by atoms with E-state index >= 15 is 0 Å². The predicted octanol–water partition coefficient (Wildman–Crippen LogP) is 3.78. The van der Waals surface area contributed by atoms with Gasteiger partial charge < -0.3 is 10.6 Å². The van der Waals surface area contributed by atoms with E-state index in [1.807, 2.05) is 43.3 Å². The molecule has 2 rings (SSSR count). The molecule has 0 fully saturated rings. The Labute approximate surface area is 132 Å². The normalized spacial score (nSPS) is 13.2. The highest BCUT2D eigenvalue weighted by atomic mass is 16.1. The first kappa shape index (κ1) is 16.0. The lowest BCUT2D eigenvalue weighted by Crippen LogP contribution is -2.27. The molecule has 0 aliphatic rings. The van der Waals surface area contributed by atoms with E-state index in [1.54, 1.807) is 12.3 Å². The number of hydrogen-bond donors (Lipinski definition) is 2. The lowest BCUT2D eigenvalue weighted by atomic mass is 10.1. The number of amides is 1. The van der Waals surface area contributed by atoms with Gasteiger partial charge in [-0.3, -0.25) is 9.78 Å². The molecule has 2 atom stereocenters. The molecule has 2 aromatic rings. The third kappa shape index (κ3) is 4.32. The van der Waals surface area contributed by atoms with Gasteiger partial charge in [-0.15, -0.1) is 0 Å². The van der Waals surface area contributed by atoms with Crippen LogP contribution in [0.5, 0.6) is 0 Å². The summed E-state index contributed by atoms with van der Waals surface area (Å²) < 4.78 is 0. The van der Waals surface area contributed by atoms with Crippen LogP contribution in [0.2, 0.25) is 0 Å². The Hall–Kier alpha value is -2.36. The van der Waals surface area contributed by atoms with Crippen molar-refractivity contribution < 1.29 is 4.79 Å². The lowest BCUT2D eigenvalue weighted by molar-refractivity contribution is 0.0935. The van der Waals surface area contributed by atoms with E-state index in [4.69, 9.17) is 0 Å². The average molecular weight is 297 g/mol. The van der Waals surface area contributed by atoms with Crippen molar-refractivity contribution in [3.05, 3.63) is 59.9 Å². The minimum atomic E-state index is -0.163. The van der Waals surface area contributed by atoms with Crippen molar-refractivity contribution in [1.82, 2.24) is 10.3 Å². The fourth-order valence-corrected chi connectivity index (χ4v) is 2.13. The average Bonchev–Trinajstić information content (AvgIpc) is 2.55. The summed E-state index contributed by atoms with van der Waals surface area (Å²) in [7, 11) is 0. The van der Waals surface area contributed by atoms with Crippen molar-refractivity contribution >= 4 is 11.6 Å². The topological polar surface area (TPSA) is 54.0 Å². The number of nitrogens with one attached hydrogen (secondary N) is 2. The van der Waals surface area contributed by atoms with Crippen LogP contribution in [-0.2, 0) is 0 Å². The molecule has 4 nitrogen and oxygen atoms in total. The van der Waals surface area contributed by atoms with Gasteiger partial charge in [-0.2, -0.15) is 0 Å². The quantitative estimate of drug-likeness (QED) is 0.853. The Morgan fingerprint density at radius 2 is 1.91 bits per heavy atom. The van der Waals surface area contributed by atoms with Gasteiger partial charge in [0.25, 0.3) is 5.91 Å². The van der Waals surface area contributed by atoms with Gasteiger partial charge >= 0.3 is 0 Å². The van der Waals surface area contributed by atoms with Crippen LogP contribution in [0, 0.1) is 0 Å². The lowest BCUT2D eigenvalue weighted by Gasteiger charge is -2.15. The smallest absolute Gasteiger partial charge is 0.270 e. The number of benzene rings is 1. The van der Waals surface area contributed by atoms with Gasteiger partial charge in [0.2, 0.25) is 0 Å². The van der Waals surface area contributed by atoms with E-state index in [1.165, 1.54) is 0 Å². The molecule has 4 heteroatoms. The van der Waals surface area contributed by atoms with Crippen LogP contribution < -0.4 is 10.6 Å². The van der Waals surface area contributed by atoms with Crippen LogP contribution in [0.4, 0.5) is 5.69 Å². The van der Waals surface area contributed by atoms with E-state index in [-0.39, 0.29) is 11.9 Å². The van der Waals surface area contributed by atoms with Gasteiger partial charge in [0, 0.05) is 17.9 Å². The minimum absolute atomic E-state index is 0.0540. The third-order valence-electron chi connectivity index (χ3n) is 3.67. The molecule has 0 bridgehead atoms. The largest absolute Gasteiger partial charge is 0.382 e. The van der Waals surface area contributed by atoms with Crippen molar-refractivity contribution in [3.63, 3.8) is 0 Å². The zero-order valence-electron chi connectivity index (χ0n) is 13.3. The first-order valence-corrected chi connectivity index (χ1v) is 7.68. The van der Waals surface area contributed by atoms with Gasteiger partial charge in [0.1, 0.15) is 5.69 Å². The first-order valence-electron chi connectivity index (χ1n) is 7.68. The fraction of sp³-hybridized carbons (Fsp3) is 0.333. The highest BCUT2D eigenvalue weighted by Gasteiger charge is 2.13. The highest BCUT2D eigenvalue weighted by Crippen LogP contribution is 2.14. The van der Waals surface area contributed by atoms with Gasteiger partial charge in [-0.25, -0.2) is 0 Å². The molecule has 0 saturated heterocycles. The van der Waals surface area contributed by atoms with E-state index < -0.39 is 0 Å². The molecule has 0 saturated carbocycles. The van der Waals surface area contributed by atoms with Crippen LogP contribution in [0.15, 0.2) is 48.7 Å². The summed E-state index contributed by atoms with van der Waals surface area (Å²) >= 11 is 0. The molecule has 1 aromatic heterocycles. The molecule has 1 aromatic carbocycles. The number of rotatable bonds is 6. The van der Waals surface area contributed by atoms with Crippen molar-refractivity contribution in [2.45, 2.75) is 39.3 Å². The minimum Gasteiger partial charge on any atom is -0.382 e. The summed E-state index contributed by atoms with van der Waals surface area (Å²) in [6.45, 7) is 6.19. The third-order valence-corrected chi connectivity index (χ3v) is 3.67. The second-order valence-corrected chi connectivity index (χ2v) is 5.49. The van der Waals surface area contributed by atoms with Crippen LogP contribution in [0.3, 0.4) is 0 Å². The summed E-state index contributed by atoms with van der Waals surface area (Å²) in [6, 6.07) is 13.9. The van der Waals surface area contributed by atoms with Gasteiger partial charge in [-0.05, 0) is 38.0 Å². The number of anilines is 1. The zero-order valence-corrected chi connectivity index (χ0v) is 13.3. The summed E-state index contributed by atoms with van der Waals surface area (Å²) in [5.74, 6) is -0.163. The molecule has 22 heavy (non-hydrogen) atoms. The monoisotopic (exact) mass is 297 g/mol. The summed E-state index contributed by atoms with van der Waals surface area (Å²) in [5, 5.41) is 6.33. The van der Waals surface area contributed by atoms with Gasteiger partial charge in [0.05, 0.1) is 6.04 Å². The number of nitrogens with zero attached hydrogens (tertiary/aromatic N) is 1. The second-order valence-electron chi connectivity index (χ2n) is 5.49. The van der Waals surface area contributed by atoms with Crippen molar-refractivity contribution in [2.75, 3.05) is 5.32 Å². The van der Waals surface area contributed by atoms with Crippen LogP contribution >= 0.6 is 0 Å². The molecule has 0 spiro atoms. The number of carbonyl (C=O) groups excluding carboxylic acids is 1. The number of hydrogen-bond acceptors (Lipinski definition) is 3. The molecule has 0 aliphatic carbocycles. The van der Waals surface area contributed by atoms with Gasteiger partial charge in [-0.1, -0.05) is 37.3 Å². The molecule has 0 radical (unpaired) electrons. The Morgan fingerprint density at radius 3 is 2.59 bits per heavy atom. The Morgan fingerprint density at radius 1 is 1.18 bits per heavy atom. The molecule has 2 N–H and O–H groups in total. The van der Waals surface area contributed by atoms with E-state index in [0.717, 1.165) is 17.7 Å². The standard InChI is InChI=1S/C18H23N3O/c1-4-13(2)20-16-10-11-19-17(12-16)18(22)21-14(3)15-8-6-5-7-9-15/h5-14H,4H2,1-3H3,(H,19,20)(H,21,22). The summed E-state index contributed by atoms with van der Waals surface area (Å²) in [5.41, 5.74) is 2.42.